The Morgan fingerprint density at radius 3 is 2.20 bits per heavy atom. The van der Waals surface area contributed by atoms with E-state index in [-0.39, 0.29) is 22.4 Å². The Morgan fingerprint density at radius 1 is 1.05 bits per heavy atom. The van der Waals surface area contributed by atoms with E-state index in [2.05, 4.69) is 20.8 Å². The topological polar surface area (TPSA) is 43.1 Å². The van der Waals surface area contributed by atoms with Crippen LogP contribution < -0.4 is 5.73 Å². The number of para-hydroxylation sites is 1. The molecule has 0 aliphatic carbocycles. The fourth-order valence-electron chi connectivity index (χ4n) is 2.01. The summed E-state index contributed by atoms with van der Waals surface area (Å²) in [6, 6.07) is 11.6. The molecule has 0 atom stereocenters. The zero-order chi connectivity index (χ0) is 14.9. The molecule has 0 amide bonds. The molecule has 104 valence electrons. The van der Waals surface area contributed by atoms with Crippen molar-refractivity contribution < 1.29 is 9.18 Å². The minimum atomic E-state index is -0.567. The third-order valence-electron chi connectivity index (χ3n) is 3.31. The molecule has 2 aromatic rings. The summed E-state index contributed by atoms with van der Waals surface area (Å²) in [5.74, 6) is -0.829. The zero-order valence-corrected chi connectivity index (χ0v) is 11.9. The van der Waals surface area contributed by atoms with E-state index in [4.69, 9.17) is 5.73 Å². The van der Waals surface area contributed by atoms with E-state index in [0.717, 1.165) is 5.56 Å². The van der Waals surface area contributed by atoms with Gasteiger partial charge in [0.15, 0.2) is 5.78 Å². The smallest absolute Gasteiger partial charge is 0.195 e. The van der Waals surface area contributed by atoms with Crippen molar-refractivity contribution in [3.63, 3.8) is 0 Å². The van der Waals surface area contributed by atoms with Crippen LogP contribution in [0.15, 0.2) is 42.5 Å². The molecule has 0 aliphatic rings. The number of anilines is 1. The Labute approximate surface area is 118 Å². The van der Waals surface area contributed by atoms with Crippen molar-refractivity contribution >= 4 is 11.5 Å². The highest BCUT2D eigenvalue weighted by molar-refractivity contribution is 6.12. The molecule has 20 heavy (non-hydrogen) atoms. The molecule has 0 spiro atoms. The number of carbonyl (C=O) groups excluding carboxylic acids is 1. The van der Waals surface area contributed by atoms with E-state index >= 15 is 0 Å². The fraction of sp³-hybridized carbons (Fsp3) is 0.235. The number of ketones is 1. The highest BCUT2D eigenvalue weighted by Gasteiger charge is 2.17. The molecule has 0 heterocycles. The van der Waals surface area contributed by atoms with Gasteiger partial charge in [0.05, 0.1) is 5.69 Å². The first kappa shape index (κ1) is 14.3. The third-order valence-corrected chi connectivity index (χ3v) is 3.31. The largest absolute Gasteiger partial charge is 0.396 e. The predicted octanol–water partition coefficient (Wildman–Crippen LogP) is 3.94. The van der Waals surface area contributed by atoms with Crippen molar-refractivity contribution in [2.75, 3.05) is 5.73 Å². The first-order valence-corrected chi connectivity index (χ1v) is 6.50. The molecule has 2 nitrogen and oxygen atoms in total. The number of hydrogen-bond donors (Lipinski definition) is 1. The number of rotatable bonds is 2. The van der Waals surface area contributed by atoms with Crippen LogP contribution in [0.2, 0.25) is 0 Å². The molecule has 2 aromatic carbocycles. The number of nitrogens with two attached hydrogens (primary N) is 1. The summed E-state index contributed by atoms with van der Waals surface area (Å²) in [4.78, 5) is 12.3. The highest BCUT2D eigenvalue weighted by Crippen LogP contribution is 2.24. The van der Waals surface area contributed by atoms with Crippen LogP contribution >= 0.6 is 0 Å². The molecular weight excluding hydrogens is 253 g/mol. The lowest BCUT2D eigenvalue weighted by molar-refractivity contribution is 0.103. The number of carbonyl (C=O) groups is 1. The second-order valence-corrected chi connectivity index (χ2v) is 5.86. The van der Waals surface area contributed by atoms with Gasteiger partial charge in [-0.25, -0.2) is 4.39 Å². The monoisotopic (exact) mass is 271 g/mol. The van der Waals surface area contributed by atoms with Crippen molar-refractivity contribution in [3.8, 4) is 0 Å². The van der Waals surface area contributed by atoms with Gasteiger partial charge in [0.1, 0.15) is 5.82 Å². The summed E-state index contributed by atoms with van der Waals surface area (Å²) in [5, 5.41) is 0. The number of hydrogen-bond acceptors (Lipinski definition) is 2. The van der Waals surface area contributed by atoms with Gasteiger partial charge in [0, 0.05) is 11.1 Å². The molecule has 0 unspecified atom stereocenters. The van der Waals surface area contributed by atoms with Crippen molar-refractivity contribution in [3.05, 3.63) is 65.0 Å². The molecule has 0 radical (unpaired) electrons. The van der Waals surface area contributed by atoms with Gasteiger partial charge in [-0.05, 0) is 23.1 Å². The van der Waals surface area contributed by atoms with Crippen molar-refractivity contribution in [2.24, 2.45) is 0 Å². The fourth-order valence-corrected chi connectivity index (χ4v) is 2.01. The Hall–Kier alpha value is -2.16. The summed E-state index contributed by atoms with van der Waals surface area (Å²) in [6.45, 7) is 6.32. The lowest BCUT2D eigenvalue weighted by Gasteiger charge is -2.19. The molecule has 0 aliphatic heterocycles. The maximum absolute atomic E-state index is 13.4. The first-order valence-electron chi connectivity index (χ1n) is 6.50. The maximum atomic E-state index is 13.4. The Balaban J connectivity index is 2.37. The molecule has 0 saturated carbocycles. The number of halogens is 1. The summed E-state index contributed by atoms with van der Waals surface area (Å²) in [5.41, 5.74) is 7.40. The maximum Gasteiger partial charge on any atom is 0.195 e. The van der Waals surface area contributed by atoms with Gasteiger partial charge < -0.3 is 5.73 Å². The third kappa shape index (κ3) is 2.72. The van der Waals surface area contributed by atoms with Crippen LogP contribution in [-0.2, 0) is 5.41 Å². The molecule has 0 fully saturated rings. The van der Waals surface area contributed by atoms with Gasteiger partial charge in [-0.2, -0.15) is 0 Å². The first-order chi connectivity index (χ1) is 9.30. The average molecular weight is 271 g/mol. The molecule has 0 bridgehead atoms. The molecule has 0 aromatic heterocycles. The van der Waals surface area contributed by atoms with Crippen LogP contribution in [0.3, 0.4) is 0 Å². The van der Waals surface area contributed by atoms with E-state index < -0.39 is 5.82 Å². The molecule has 3 heteroatoms. The van der Waals surface area contributed by atoms with E-state index in [1.165, 1.54) is 12.1 Å². The van der Waals surface area contributed by atoms with Crippen molar-refractivity contribution in [2.45, 2.75) is 26.2 Å². The van der Waals surface area contributed by atoms with Gasteiger partial charge >= 0.3 is 0 Å². The molecule has 2 rings (SSSR count). The Bertz CT molecular complexity index is 639. The average Bonchev–Trinajstić information content (AvgIpc) is 2.40. The second-order valence-electron chi connectivity index (χ2n) is 5.86. The van der Waals surface area contributed by atoms with Gasteiger partial charge in [0.25, 0.3) is 0 Å². The zero-order valence-electron chi connectivity index (χ0n) is 11.9. The molecule has 2 N–H and O–H groups in total. The van der Waals surface area contributed by atoms with E-state index in [9.17, 15) is 9.18 Å². The normalized spacial score (nSPS) is 11.4. The van der Waals surface area contributed by atoms with Crippen LogP contribution in [0.1, 0.15) is 42.3 Å². The Kier molecular flexibility index (Phi) is 3.62. The number of benzene rings is 2. The summed E-state index contributed by atoms with van der Waals surface area (Å²) in [6.07, 6.45) is 0. The van der Waals surface area contributed by atoms with Crippen LogP contribution in [0.4, 0.5) is 10.1 Å². The van der Waals surface area contributed by atoms with E-state index in [1.807, 2.05) is 12.1 Å². The lowest BCUT2D eigenvalue weighted by Crippen LogP contribution is -2.12. The van der Waals surface area contributed by atoms with Crippen molar-refractivity contribution in [1.82, 2.24) is 0 Å². The van der Waals surface area contributed by atoms with Crippen LogP contribution in [0, 0.1) is 5.82 Å². The van der Waals surface area contributed by atoms with Gasteiger partial charge in [-0.15, -0.1) is 0 Å². The number of nitrogen functional groups attached to an aromatic ring is 1. The van der Waals surface area contributed by atoms with Crippen molar-refractivity contribution in [1.29, 1.82) is 0 Å². The van der Waals surface area contributed by atoms with E-state index in [1.54, 1.807) is 18.2 Å². The summed E-state index contributed by atoms with van der Waals surface area (Å²) >= 11 is 0. The lowest BCUT2D eigenvalue weighted by atomic mass is 9.86. The molecular formula is C17H18FNO. The summed E-state index contributed by atoms with van der Waals surface area (Å²) < 4.78 is 13.4. The van der Waals surface area contributed by atoms with Gasteiger partial charge in [0.2, 0.25) is 0 Å². The quantitative estimate of drug-likeness (QED) is 0.664. The SMILES string of the molecule is CC(C)(C)c1ccc(C(=O)c2cccc(F)c2N)cc1. The minimum absolute atomic E-state index is 0.0272. The predicted molar refractivity (Wildman–Crippen MR) is 79.4 cm³/mol. The van der Waals surface area contributed by atoms with E-state index in [0.29, 0.717) is 5.56 Å². The van der Waals surface area contributed by atoms with Crippen LogP contribution in [-0.4, -0.2) is 5.78 Å². The van der Waals surface area contributed by atoms with Crippen LogP contribution in [0.5, 0.6) is 0 Å². The summed E-state index contributed by atoms with van der Waals surface area (Å²) in [7, 11) is 0. The molecule has 0 saturated heterocycles. The second kappa shape index (κ2) is 5.08. The highest BCUT2D eigenvalue weighted by atomic mass is 19.1. The minimum Gasteiger partial charge on any atom is -0.396 e. The van der Waals surface area contributed by atoms with Gasteiger partial charge in [-0.1, -0.05) is 51.1 Å². The van der Waals surface area contributed by atoms with Crippen LogP contribution in [0.25, 0.3) is 0 Å². The van der Waals surface area contributed by atoms with Gasteiger partial charge in [-0.3, -0.25) is 4.79 Å². The standard InChI is InChI=1S/C17H18FNO/c1-17(2,3)12-9-7-11(8-10-12)16(20)13-5-4-6-14(18)15(13)19/h4-10H,19H2,1-3H3. The Morgan fingerprint density at radius 2 is 1.65 bits per heavy atom.